The predicted molar refractivity (Wildman–Crippen MR) is 44.2 cm³/mol. The fourth-order valence-electron chi connectivity index (χ4n) is 0.510. The van der Waals surface area contributed by atoms with Gasteiger partial charge in [-0.25, -0.2) is 0 Å². The first-order valence-electron chi connectivity index (χ1n) is 3.27. The van der Waals surface area contributed by atoms with Crippen molar-refractivity contribution >= 4 is 18.4 Å². The number of hydrogen-bond donors (Lipinski definition) is 1. The first kappa shape index (κ1) is 9.50. The Hall–Kier alpha value is 0.499. The molecule has 0 amide bonds. The second kappa shape index (κ2) is 3.61. The molecular weight excluding hydrogens is 219 g/mol. The summed E-state index contributed by atoms with van der Waals surface area (Å²) in [5.74, 6) is 0. The van der Waals surface area contributed by atoms with Gasteiger partial charge in [-0.05, 0) is 0 Å². The zero-order valence-electron chi connectivity index (χ0n) is 6.57. The molecule has 0 aliphatic rings. The van der Waals surface area contributed by atoms with Crippen molar-refractivity contribution in [3.05, 3.63) is 10.2 Å². The third kappa shape index (κ3) is 3.98. The van der Waals surface area contributed by atoms with Gasteiger partial charge in [0.25, 0.3) is 0 Å². The maximum atomic E-state index is 8.57. The molecule has 1 N–H and O–H groups in total. The normalized spacial score (nSPS) is 11.6. The fraction of sp³-hybridized carbons (Fsp3) is 0.714. The van der Waals surface area contributed by atoms with Crippen LogP contribution in [-0.2, 0) is 0 Å². The number of aliphatic hydroxyl groups excluding tert-OH is 1. The Morgan fingerprint density at radius 2 is 1.89 bits per heavy atom. The van der Waals surface area contributed by atoms with Crippen LogP contribution in [0.1, 0.15) is 6.42 Å². The van der Waals surface area contributed by atoms with Crippen LogP contribution in [0.3, 0.4) is 0 Å². The van der Waals surface area contributed by atoms with Crippen molar-refractivity contribution in [1.29, 1.82) is 0 Å². The molecule has 54 valence electrons. The van der Waals surface area contributed by atoms with E-state index < -0.39 is 18.4 Å². The van der Waals surface area contributed by atoms with Crippen LogP contribution in [0.2, 0.25) is 14.8 Å². The van der Waals surface area contributed by atoms with E-state index in [9.17, 15) is 0 Å². The average Bonchev–Trinajstić information content (AvgIpc) is 1.64. The molecule has 0 atom stereocenters. The first-order valence-corrected chi connectivity index (χ1v) is 13.3. The Kier molecular flexibility index (Phi) is 3.81. The molecule has 0 spiro atoms. The van der Waals surface area contributed by atoms with Crippen LogP contribution in [0, 0.1) is 0 Å². The summed E-state index contributed by atoms with van der Waals surface area (Å²) in [6, 6.07) is 0. The summed E-state index contributed by atoms with van der Waals surface area (Å²) < 4.78 is 1.33. The topological polar surface area (TPSA) is 20.2 Å². The molecule has 0 unspecified atom stereocenters. The summed E-state index contributed by atoms with van der Waals surface area (Å²) in [5.41, 5.74) is 0. The first-order chi connectivity index (χ1) is 3.98. The Labute approximate surface area is 61.7 Å². The molecule has 0 saturated heterocycles. The van der Waals surface area contributed by atoms with Crippen molar-refractivity contribution in [2.75, 3.05) is 6.61 Å². The molecule has 0 saturated carbocycles. The molecule has 1 nitrogen and oxygen atoms in total. The van der Waals surface area contributed by atoms with E-state index in [2.05, 4.69) is 21.4 Å². The maximum absolute atomic E-state index is 8.57. The molecule has 0 heterocycles. The van der Waals surface area contributed by atoms with Crippen LogP contribution in [0.15, 0.2) is 10.2 Å². The van der Waals surface area contributed by atoms with E-state index in [1.54, 1.807) is 0 Å². The summed E-state index contributed by atoms with van der Waals surface area (Å²) in [5, 5.41) is 8.57. The van der Waals surface area contributed by atoms with E-state index in [0.29, 0.717) is 0 Å². The van der Waals surface area contributed by atoms with Crippen LogP contribution >= 0.6 is 0 Å². The van der Waals surface area contributed by atoms with Crippen molar-refractivity contribution in [3.63, 3.8) is 0 Å². The summed E-state index contributed by atoms with van der Waals surface area (Å²) >= 11 is -1.80. The van der Waals surface area contributed by atoms with Crippen LogP contribution in [-0.4, -0.2) is 30.1 Å². The van der Waals surface area contributed by atoms with Crippen LogP contribution in [0.5, 0.6) is 0 Å². The van der Waals surface area contributed by atoms with Gasteiger partial charge in [-0.1, -0.05) is 0 Å². The SMILES string of the molecule is C=[C](CCO)[Sn]([CH3])([CH3])[CH3]. The molecule has 2 heteroatoms. The van der Waals surface area contributed by atoms with E-state index in [0.717, 1.165) is 6.42 Å². The van der Waals surface area contributed by atoms with Gasteiger partial charge < -0.3 is 0 Å². The summed E-state index contributed by atoms with van der Waals surface area (Å²) in [4.78, 5) is 6.94. The molecule has 0 aromatic heterocycles. The molecule has 0 radical (unpaired) electrons. The van der Waals surface area contributed by atoms with Crippen LogP contribution < -0.4 is 0 Å². The molecule has 9 heavy (non-hydrogen) atoms. The summed E-state index contributed by atoms with van der Waals surface area (Å²) in [6.45, 7) is 4.22. The zero-order valence-corrected chi connectivity index (χ0v) is 9.42. The molecule has 0 aromatic carbocycles. The molecule has 0 aliphatic heterocycles. The minimum absolute atomic E-state index is 0.271. The second-order valence-electron chi connectivity index (χ2n) is 3.33. The van der Waals surface area contributed by atoms with Gasteiger partial charge >= 0.3 is 61.5 Å². The van der Waals surface area contributed by atoms with E-state index in [4.69, 9.17) is 5.11 Å². The van der Waals surface area contributed by atoms with Gasteiger partial charge in [0.15, 0.2) is 0 Å². The third-order valence-electron chi connectivity index (χ3n) is 1.47. The van der Waals surface area contributed by atoms with E-state index in [-0.39, 0.29) is 6.61 Å². The van der Waals surface area contributed by atoms with Crippen molar-refractivity contribution in [2.45, 2.75) is 21.2 Å². The Bertz CT molecular complexity index is 102. The third-order valence-corrected chi connectivity index (χ3v) is 8.24. The van der Waals surface area contributed by atoms with Gasteiger partial charge in [0.1, 0.15) is 0 Å². The molecule has 0 bridgehead atoms. The standard InChI is InChI=1S/C4H7O.3CH3.Sn/c1-2-3-4-5;;;;/h5H,1,3-4H2;3*1H3;. The zero-order chi connectivity index (χ0) is 7.49. The fourth-order valence-corrected chi connectivity index (χ4v) is 2.97. The monoisotopic (exact) mass is 236 g/mol. The molecule has 0 aliphatic carbocycles. The van der Waals surface area contributed by atoms with Crippen molar-refractivity contribution in [3.8, 4) is 0 Å². The van der Waals surface area contributed by atoms with Gasteiger partial charge in [0.05, 0.1) is 0 Å². The van der Waals surface area contributed by atoms with Gasteiger partial charge in [-0.2, -0.15) is 0 Å². The van der Waals surface area contributed by atoms with Crippen molar-refractivity contribution < 1.29 is 5.11 Å². The summed E-state index contributed by atoms with van der Waals surface area (Å²) in [6.07, 6.45) is 0.819. The Morgan fingerprint density at radius 3 is 2.00 bits per heavy atom. The van der Waals surface area contributed by atoms with Crippen LogP contribution in [0.4, 0.5) is 0 Å². The summed E-state index contributed by atoms with van der Waals surface area (Å²) in [7, 11) is 0. The second-order valence-corrected chi connectivity index (χ2v) is 18.2. The van der Waals surface area contributed by atoms with Crippen molar-refractivity contribution in [1.82, 2.24) is 0 Å². The number of rotatable bonds is 3. The Balaban J connectivity index is 3.74. The molecule has 0 aromatic rings. The predicted octanol–water partition coefficient (Wildman–Crippen LogP) is 1.80. The number of aliphatic hydroxyl groups is 1. The van der Waals surface area contributed by atoms with Gasteiger partial charge in [-0.3, -0.25) is 0 Å². The van der Waals surface area contributed by atoms with Gasteiger partial charge in [-0.15, -0.1) is 0 Å². The number of hydrogen-bond acceptors (Lipinski definition) is 1. The average molecular weight is 235 g/mol. The molecular formula is C7H16OSn. The molecule has 0 rings (SSSR count). The quantitative estimate of drug-likeness (QED) is 0.739. The van der Waals surface area contributed by atoms with E-state index in [1.165, 1.54) is 3.59 Å². The van der Waals surface area contributed by atoms with Crippen molar-refractivity contribution in [2.24, 2.45) is 0 Å². The van der Waals surface area contributed by atoms with Crippen LogP contribution in [0.25, 0.3) is 0 Å². The minimum atomic E-state index is -1.80. The van der Waals surface area contributed by atoms with Gasteiger partial charge in [0, 0.05) is 0 Å². The molecule has 0 fully saturated rings. The van der Waals surface area contributed by atoms with E-state index >= 15 is 0 Å². The Morgan fingerprint density at radius 1 is 1.44 bits per heavy atom. The van der Waals surface area contributed by atoms with E-state index in [1.807, 2.05) is 0 Å². The van der Waals surface area contributed by atoms with Gasteiger partial charge in [0.2, 0.25) is 0 Å².